The molecular weight excluding hydrogens is 481 g/mol. The van der Waals surface area contributed by atoms with E-state index in [4.69, 9.17) is 5.21 Å². The van der Waals surface area contributed by atoms with Crippen molar-refractivity contribution in [3.63, 3.8) is 0 Å². The van der Waals surface area contributed by atoms with Crippen LogP contribution in [0, 0.1) is 0 Å². The van der Waals surface area contributed by atoms with E-state index in [0.29, 0.717) is 12.8 Å². The molecule has 1 atom stereocenters. The number of nitrogens with one attached hydrogen (secondary N) is 1. The maximum absolute atomic E-state index is 13.1. The van der Waals surface area contributed by atoms with Crippen LogP contribution in [-0.2, 0) is 32.2 Å². The van der Waals surface area contributed by atoms with E-state index in [-0.39, 0.29) is 4.90 Å². The molecule has 0 fully saturated rings. The second-order valence-corrected chi connectivity index (χ2v) is 15.9. The fraction of sp³-hybridized carbons (Fsp3) is 0.318. The number of hydrogen-bond acceptors (Lipinski definition) is 5. The zero-order chi connectivity index (χ0) is 21.1. The Morgan fingerprint density at radius 3 is 2.67 bits per heavy atom. The number of thiophene rings is 1. The molecule has 0 aliphatic heterocycles. The first-order chi connectivity index (χ1) is 14.5. The molecule has 1 unspecified atom stereocenters. The van der Waals surface area contributed by atoms with E-state index < -0.39 is 33.3 Å². The predicted molar refractivity (Wildman–Crippen MR) is 120 cm³/mol. The van der Waals surface area contributed by atoms with Gasteiger partial charge in [-0.05, 0) is 0 Å². The van der Waals surface area contributed by atoms with Crippen molar-refractivity contribution < 1.29 is 18.4 Å². The van der Waals surface area contributed by atoms with Gasteiger partial charge in [0.2, 0.25) is 0 Å². The first kappa shape index (κ1) is 21.6. The molecule has 2 N–H and O–H groups in total. The number of fused-ring (bicyclic) bond motifs is 3. The second kappa shape index (κ2) is 9.23. The molecule has 5 nitrogen and oxygen atoms in total. The van der Waals surface area contributed by atoms with Crippen LogP contribution in [0.15, 0.2) is 53.4 Å². The molecule has 157 valence electrons. The third-order valence-electron chi connectivity index (χ3n) is 5.45. The van der Waals surface area contributed by atoms with Crippen molar-refractivity contribution in [2.75, 3.05) is 0 Å². The Labute approximate surface area is 186 Å². The number of carbonyl (C=O) groups excluding carboxylic acids is 1. The second-order valence-electron chi connectivity index (χ2n) is 7.47. The van der Waals surface area contributed by atoms with Crippen LogP contribution in [0.3, 0.4) is 0 Å². The summed E-state index contributed by atoms with van der Waals surface area (Å²) in [7, 11) is -3.58. The molecule has 8 heteroatoms. The average Bonchev–Trinajstić information content (AvgIpc) is 3.14. The molecule has 0 bridgehead atoms. The summed E-state index contributed by atoms with van der Waals surface area (Å²) < 4.78 is 26.6. The molecular formula is C22H23AsNO4S2. The molecule has 1 aliphatic carbocycles. The van der Waals surface area contributed by atoms with E-state index in [1.807, 2.05) is 36.4 Å². The third-order valence-corrected chi connectivity index (χ3v) is 13.8. The van der Waals surface area contributed by atoms with E-state index >= 15 is 0 Å². The summed E-state index contributed by atoms with van der Waals surface area (Å²) in [5.74, 6) is -0.623. The standard InChI is InChI=1S/C22H23AsNO4S2/c25-22(24-26)19(13-10-15-6-2-1-3-7-15)23-30(27,28)16-11-12-18-17-8-4-5-9-20(17)29-21(18)14-16/h1-3,6-7,11-12,14,19,26H,4-5,8-10,13H2,(H,24,25). The molecule has 2 aromatic carbocycles. The first-order valence-corrected chi connectivity index (χ1v) is 15.6. The number of hydroxylamine groups is 1. The maximum atomic E-state index is 13.1. The van der Waals surface area contributed by atoms with Crippen molar-refractivity contribution in [1.29, 1.82) is 0 Å². The monoisotopic (exact) mass is 504 g/mol. The third kappa shape index (κ3) is 4.64. The van der Waals surface area contributed by atoms with E-state index in [9.17, 15) is 13.2 Å². The Morgan fingerprint density at radius 1 is 1.13 bits per heavy atom. The van der Waals surface area contributed by atoms with Crippen LogP contribution in [0.4, 0.5) is 0 Å². The van der Waals surface area contributed by atoms with Crippen LogP contribution in [0.5, 0.6) is 0 Å². The number of carbonyl (C=O) groups is 1. The molecule has 30 heavy (non-hydrogen) atoms. The Hall–Kier alpha value is -1.66. The summed E-state index contributed by atoms with van der Waals surface area (Å²) in [6.45, 7) is 0. The molecule has 1 heterocycles. The van der Waals surface area contributed by atoms with Crippen LogP contribution in [0.2, 0.25) is 4.71 Å². The average molecular weight is 504 g/mol. The number of benzene rings is 2. The Balaban J connectivity index is 1.56. The van der Waals surface area contributed by atoms with Gasteiger partial charge in [0.25, 0.3) is 0 Å². The molecule has 0 saturated carbocycles. The molecule has 1 amide bonds. The van der Waals surface area contributed by atoms with E-state index in [1.165, 1.54) is 28.7 Å². The summed E-state index contributed by atoms with van der Waals surface area (Å²) in [6.07, 6.45) is 5.47. The van der Waals surface area contributed by atoms with Gasteiger partial charge in [0.15, 0.2) is 0 Å². The summed E-state index contributed by atoms with van der Waals surface area (Å²) >= 11 is 0.316. The van der Waals surface area contributed by atoms with Gasteiger partial charge in [-0.2, -0.15) is 0 Å². The minimum absolute atomic E-state index is 0.282. The molecule has 1 radical (unpaired) electrons. The van der Waals surface area contributed by atoms with Gasteiger partial charge in [0.05, 0.1) is 0 Å². The molecule has 4 rings (SSSR count). The topological polar surface area (TPSA) is 83.5 Å². The molecule has 0 saturated heterocycles. The van der Waals surface area contributed by atoms with Gasteiger partial charge >= 0.3 is 187 Å². The fourth-order valence-corrected chi connectivity index (χ4v) is 11.7. The normalized spacial score (nSPS) is 15.4. The van der Waals surface area contributed by atoms with Crippen molar-refractivity contribution in [3.05, 3.63) is 64.5 Å². The zero-order valence-electron chi connectivity index (χ0n) is 16.4. The van der Waals surface area contributed by atoms with E-state index in [2.05, 4.69) is 0 Å². The van der Waals surface area contributed by atoms with Gasteiger partial charge < -0.3 is 0 Å². The Kier molecular flexibility index (Phi) is 6.63. The zero-order valence-corrected chi connectivity index (χ0v) is 19.9. The van der Waals surface area contributed by atoms with E-state index in [1.54, 1.807) is 28.9 Å². The molecule has 3 aromatic rings. The van der Waals surface area contributed by atoms with Crippen LogP contribution in [-0.4, -0.2) is 34.1 Å². The van der Waals surface area contributed by atoms with Crippen molar-refractivity contribution in [3.8, 4) is 0 Å². The predicted octanol–water partition coefficient (Wildman–Crippen LogP) is 4.10. The van der Waals surface area contributed by atoms with Crippen molar-refractivity contribution in [2.24, 2.45) is 0 Å². The Morgan fingerprint density at radius 2 is 1.90 bits per heavy atom. The van der Waals surface area contributed by atoms with Crippen LogP contribution in [0.25, 0.3) is 10.1 Å². The van der Waals surface area contributed by atoms with Crippen LogP contribution in [0.1, 0.15) is 35.3 Å². The summed E-state index contributed by atoms with van der Waals surface area (Å²) in [4.78, 5) is 13.8. The molecule has 1 aliphatic rings. The number of aryl methyl sites for hydroxylation is 3. The van der Waals surface area contributed by atoms with Gasteiger partial charge in [-0.25, -0.2) is 0 Å². The van der Waals surface area contributed by atoms with Gasteiger partial charge in [0.1, 0.15) is 0 Å². The quantitative estimate of drug-likeness (QED) is 0.288. The van der Waals surface area contributed by atoms with Crippen molar-refractivity contribution in [2.45, 2.75) is 48.1 Å². The van der Waals surface area contributed by atoms with Gasteiger partial charge in [-0.15, -0.1) is 0 Å². The number of hydrogen-bond donors (Lipinski definition) is 2. The van der Waals surface area contributed by atoms with Crippen molar-refractivity contribution >= 4 is 50.0 Å². The van der Waals surface area contributed by atoms with E-state index in [0.717, 1.165) is 23.1 Å². The summed E-state index contributed by atoms with van der Waals surface area (Å²) in [6, 6.07) is 15.0. The van der Waals surface area contributed by atoms with Crippen LogP contribution < -0.4 is 5.48 Å². The molecule has 0 spiro atoms. The first-order valence-electron chi connectivity index (χ1n) is 9.97. The van der Waals surface area contributed by atoms with Crippen molar-refractivity contribution in [1.82, 2.24) is 5.48 Å². The SMILES string of the molecule is O=C(NO)C(CCc1ccccc1)[As]S(=O)(=O)c1ccc2c3c(sc2c1)CCCC3. The Bertz CT molecular complexity index is 1160. The number of rotatable bonds is 7. The number of amides is 1. The summed E-state index contributed by atoms with van der Waals surface area (Å²) in [5.41, 5.74) is 4.07. The fourth-order valence-electron chi connectivity index (χ4n) is 3.89. The summed E-state index contributed by atoms with van der Waals surface area (Å²) in [5, 5.41) is 10.3. The van der Waals surface area contributed by atoms with Gasteiger partial charge in [-0.1, -0.05) is 0 Å². The van der Waals surface area contributed by atoms with Gasteiger partial charge in [0, 0.05) is 0 Å². The molecule has 1 aromatic heterocycles. The van der Waals surface area contributed by atoms with Crippen LogP contribution >= 0.6 is 11.3 Å². The van der Waals surface area contributed by atoms with Gasteiger partial charge in [-0.3, -0.25) is 0 Å². The minimum atomic E-state index is -3.58.